The number of aromatic nitrogens is 1. The van der Waals surface area contributed by atoms with Gasteiger partial charge in [-0.05, 0) is 18.9 Å². The molecule has 7 heteroatoms. The average molecular weight is 289 g/mol. The van der Waals surface area contributed by atoms with Crippen LogP contribution in [0, 0.1) is 6.92 Å². The van der Waals surface area contributed by atoms with Gasteiger partial charge in [-0.25, -0.2) is 0 Å². The normalized spacial score (nSPS) is 11.7. The van der Waals surface area contributed by atoms with Crippen molar-refractivity contribution in [1.29, 1.82) is 0 Å². The lowest BCUT2D eigenvalue weighted by molar-refractivity contribution is 0.393. The van der Waals surface area contributed by atoms with E-state index in [1.54, 1.807) is 0 Å². The molecule has 0 fully saturated rings. The lowest BCUT2D eigenvalue weighted by atomic mass is 10.1. The quantitative estimate of drug-likeness (QED) is 0.610. The van der Waals surface area contributed by atoms with Crippen LogP contribution in [0.1, 0.15) is 37.3 Å². The highest BCUT2D eigenvalue weighted by molar-refractivity contribution is 7.85. The van der Waals surface area contributed by atoms with Crippen molar-refractivity contribution < 1.29 is 18.1 Å². The molecule has 0 aliphatic rings. The van der Waals surface area contributed by atoms with Crippen molar-refractivity contribution in [3.8, 4) is 5.88 Å². The van der Waals surface area contributed by atoms with Crippen molar-refractivity contribution in [3.05, 3.63) is 27.5 Å². The van der Waals surface area contributed by atoms with Gasteiger partial charge in [0.05, 0.1) is 0 Å². The second-order valence-electron chi connectivity index (χ2n) is 4.55. The lowest BCUT2D eigenvalue weighted by Crippen LogP contribution is -2.22. The van der Waals surface area contributed by atoms with E-state index in [0.29, 0.717) is 12.1 Å². The number of nitrogens with zero attached hydrogens (tertiary/aromatic N) is 1. The lowest BCUT2D eigenvalue weighted by Gasteiger charge is -2.13. The van der Waals surface area contributed by atoms with Crippen molar-refractivity contribution in [1.82, 2.24) is 4.57 Å². The molecule has 1 aromatic rings. The summed E-state index contributed by atoms with van der Waals surface area (Å²) in [6, 6.07) is 1.27. The van der Waals surface area contributed by atoms with Crippen molar-refractivity contribution in [2.45, 2.75) is 45.4 Å². The molecule has 0 aliphatic heterocycles. The highest BCUT2D eigenvalue weighted by Crippen LogP contribution is 2.21. The molecule has 1 heterocycles. The van der Waals surface area contributed by atoms with Gasteiger partial charge in [0.1, 0.15) is 5.75 Å². The zero-order valence-electron chi connectivity index (χ0n) is 11.1. The van der Waals surface area contributed by atoms with Gasteiger partial charge in [0, 0.05) is 18.2 Å². The molecule has 0 aromatic carbocycles. The Balaban J connectivity index is 3.19. The number of aryl methyl sites for hydroxylation is 1. The van der Waals surface area contributed by atoms with Crippen molar-refractivity contribution in [2.24, 2.45) is 0 Å². The van der Waals surface area contributed by atoms with Crippen LogP contribution in [0.25, 0.3) is 0 Å². The number of rotatable bonds is 6. The van der Waals surface area contributed by atoms with E-state index in [1.165, 1.54) is 13.0 Å². The summed E-state index contributed by atoms with van der Waals surface area (Å²) in [6.45, 7) is 3.87. The predicted molar refractivity (Wildman–Crippen MR) is 71.9 cm³/mol. The van der Waals surface area contributed by atoms with Crippen LogP contribution >= 0.6 is 0 Å². The van der Waals surface area contributed by atoms with Crippen LogP contribution in [0.15, 0.2) is 10.9 Å². The van der Waals surface area contributed by atoms with Crippen LogP contribution in [-0.2, 0) is 22.4 Å². The van der Waals surface area contributed by atoms with Gasteiger partial charge in [0.2, 0.25) is 0 Å². The third-order valence-corrected chi connectivity index (χ3v) is 3.57. The zero-order chi connectivity index (χ0) is 14.6. The summed E-state index contributed by atoms with van der Waals surface area (Å²) in [4.78, 5) is 11.8. The van der Waals surface area contributed by atoms with Crippen LogP contribution in [-0.4, -0.2) is 22.6 Å². The summed E-state index contributed by atoms with van der Waals surface area (Å²) in [5.74, 6) is -1.07. The number of pyridine rings is 1. The fraction of sp³-hybridized carbons (Fsp3) is 0.583. The van der Waals surface area contributed by atoms with Gasteiger partial charge in [-0.3, -0.25) is 13.9 Å². The summed E-state index contributed by atoms with van der Waals surface area (Å²) >= 11 is 0. The molecule has 0 aliphatic carbocycles. The Morgan fingerprint density at radius 3 is 2.47 bits per heavy atom. The van der Waals surface area contributed by atoms with E-state index in [1.807, 2.05) is 6.92 Å². The van der Waals surface area contributed by atoms with E-state index >= 15 is 0 Å². The first-order valence-electron chi connectivity index (χ1n) is 6.13. The summed E-state index contributed by atoms with van der Waals surface area (Å²) in [5, 5.41) is 10.0. The van der Waals surface area contributed by atoms with Gasteiger partial charge < -0.3 is 5.11 Å². The molecule has 1 rings (SSSR count). The van der Waals surface area contributed by atoms with Crippen LogP contribution < -0.4 is 5.56 Å². The fourth-order valence-electron chi connectivity index (χ4n) is 1.89. The second-order valence-corrected chi connectivity index (χ2v) is 6.01. The Morgan fingerprint density at radius 2 is 1.95 bits per heavy atom. The van der Waals surface area contributed by atoms with E-state index in [2.05, 4.69) is 0 Å². The number of hydrogen-bond acceptors (Lipinski definition) is 4. The highest BCUT2D eigenvalue weighted by Gasteiger charge is 2.17. The van der Waals surface area contributed by atoms with E-state index in [4.69, 9.17) is 4.55 Å². The van der Waals surface area contributed by atoms with Gasteiger partial charge in [0.15, 0.2) is 5.88 Å². The summed E-state index contributed by atoms with van der Waals surface area (Å²) in [6.07, 6.45) is 2.60. The minimum atomic E-state index is -4.25. The third-order valence-electron chi connectivity index (χ3n) is 2.92. The first kappa shape index (κ1) is 15.7. The van der Waals surface area contributed by atoms with Crippen molar-refractivity contribution >= 4 is 10.1 Å². The Hall–Kier alpha value is -1.34. The molecule has 108 valence electrons. The molecule has 0 saturated carbocycles. The molecule has 0 radical (unpaired) electrons. The fourth-order valence-corrected chi connectivity index (χ4v) is 2.61. The molecule has 0 saturated heterocycles. The van der Waals surface area contributed by atoms with Gasteiger partial charge in [-0.15, -0.1) is 0 Å². The molecule has 0 atom stereocenters. The summed E-state index contributed by atoms with van der Waals surface area (Å²) in [7, 11) is -4.25. The molecule has 0 bridgehead atoms. The third kappa shape index (κ3) is 4.36. The van der Waals surface area contributed by atoms with E-state index < -0.39 is 15.9 Å². The molecule has 0 amide bonds. The maximum Gasteiger partial charge on any atom is 0.269 e. The zero-order valence-corrected chi connectivity index (χ0v) is 11.9. The molecule has 0 unspecified atom stereocenters. The molecule has 2 N–H and O–H groups in total. The van der Waals surface area contributed by atoms with Crippen LogP contribution in [0.2, 0.25) is 0 Å². The smallest absolute Gasteiger partial charge is 0.269 e. The van der Waals surface area contributed by atoms with Crippen LogP contribution in [0.5, 0.6) is 5.88 Å². The Kier molecular flexibility index (Phi) is 5.13. The van der Waals surface area contributed by atoms with Gasteiger partial charge in [-0.1, -0.05) is 19.8 Å². The van der Waals surface area contributed by atoms with Crippen molar-refractivity contribution in [3.63, 3.8) is 0 Å². The molecular formula is C12H19NO5S. The molecule has 0 spiro atoms. The molecule has 1 aromatic heterocycles. The Labute approximate surface area is 112 Å². The maximum atomic E-state index is 11.8. The Morgan fingerprint density at radius 1 is 1.32 bits per heavy atom. The van der Waals surface area contributed by atoms with Gasteiger partial charge in [-0.2, -0.15) is 8.42 Å². The second kappa shape index (κ2) is 6.21. The largest absolute Gasteiger partial charge is 0.494 e. The first-order valence-corrected chi connectivity index (χ1v) is 7.74. The van der Waals surface area contributed by atoms with E-state index in [-0.39, 0.29) is 17.0 Å². The maximum absolute atomic E-state index is 11.8. The minimum absolute atomic E-state index is 0.0681. The molecule has 19 heavy (non-hydrogen) atoms. The monoisotopic (exact) mass is 289 g/mol. The topological polar surface area (TPSA) is 96.6 Å². The molecule has 6 nitrogen and oxygen atoms in total. The van der Waals surface area contributed by atoms with E-state index in [0.717, 1.165) is 23.8 Å². The predicted octanol–water partition coefficient (Wildman–Crippen LogP) is 1.44. The van der Waals surface area contributed by atoms with E-state index in [9.17, 15) is 18.3 Å². The number of aromatic hydroxyl groups is 1. The summed E-state index contributed by atoms with van der Waals surface area (Å²) < 4.78 is 31.8. The van der Waals surface area contributed by atoms with Gasteiger partial charge >= 0.3 is 0 Å². The first-order chi connectivity index (χ1) is 8.76. The Bertz CT molecular complexity index is 603. The van der Waals surface area contributed by atoms with Crippen LogP contribution in [0.4, 0.5) is 0 Å². The number of hydrogen-bond donors (Lipinski definition) is 2. The van der Waals surface area contributed by atoms with Crippen LogP contribution in [0.3, 0.4) is 0 Å². The van der Waals surface area contributed by atoms with Gasteiger partial charge in [0.25, 0.3) is 15.7 Å². The highest BCUT2D eigenvalue weighted by atomic mass is 32.2. The standard InChI is InChI=1S/C12H19NO5S/c1-3-4-5-6-13-11(14)7-9(2)10(12(13)15)8-19(16,17)18/h7,15H,3-6,8H2,1-2H3,(H,16,17,18). The summed E-state index contributed by atoms with van der Waals surface area (Å²) in [5.41, 5.74) is 0.0515. The number of unbranched alkanes of at least 4 members (excludes halogenated alkanes) is 2. The molecular weight excluding hydrogens is 270 g/mol. The van der Waals surface area contributed by atoms with Crippen molar-refractivity contribution in [2.75, 3.05) is 0 Å². The SMILES string of the molecule is CCCCCn1c(O)c(CS(=O)(=O)O)c(C)cc1=O. The average Bonchev–Trinajstić information content (AvgIpc) is 2.28. The minimum Gasteiger partial charge on any atom is -0.494 e.